The minimum atomic E-state index is -0.426. The van der Waals surface area contributed by atoms with E-state index in [4.69, 9.17) is 15.2 Å². The molecule has 1 aliphatic heterocycles. The number of hydrogen-bond acceptors (Lipinski definition) is 3. The van der Waals surface area contributed by atoms with Crippen molar-refractivity contribution in [1.82, 2.24) is 0 Å². The Morgan fingerprint density at radius 1 is 1.38 bits per heavy atom. The predicted molar refractivity (Wildman–Crippen MR) is 59.9 cm³/mol. The Kier molecular flexibility index (Phi) is 3.62. The van der Waals surface area contributed by atoms with Crippen LogP contribution in [0.4, 0.5) is 10.1 Å². The number of halogens is 1. The largest absolute Gasteiger partial charge is 0.493 e. The highest BCUT2D eigenvalue weighted by Crippen LogP contribution is 2.20. The molecule has 0 spiro atoms. The van der Waals surface area contributed by atoms with Crippen LogP contribution >= 0.6 is 0 Å². The normalized spacial score (nSPS) is 17.3. The summed E-state index contributed by atoms with van der Waals surface area (Å²) in [5, 5.41) is 0. The van der Waals surface area contributed by atoms with Gasteiger partial charge in [0.15, 0.2) is 0 Å². The molecule has 0 saturated carbocycles. The van der Waals surface area contributed by atoms with Gasteiger partial charge in [0.05, 0.1) is 12.3 Å². The van der Waals surface area contributed by atoms with E-state index < -0.39 is 5.82 Å². The van der Waals surface area contributed by atoms with Gasteiger partial charge in [-0.15, -0.1) is 0 Å². The number of ether oxygens (including phenoxy) is 2. The maximum Gasteiger partial charge on any atom is 0.149 e. The molecule has 1 aromatic rings. The van der Waals surface area contributed by atoms with Crippen molar-refractivity contribution in [2.45, 2.75) is 12.8 Å². The number of hydrogen-bond donors (Lipinski definition) is 1. The van der Waals surface area contributed by atoms with Gasteiger partial charge in [0.1, 0.15) is 11.6 Å². The summed E-state index contributed by atoms with van der Waals surface area (Å²) >= 11 is 0. The molecular formula is C12H16FNO2. The Labute approximate surface area is 94.3 Å². The van der Waals surface area contributed by atoms with Crippen molar-refractivity contribution in [3.63, 3.8) is 0 Å². The van der Waals surface area contributed by atoms with Gasteiger partial charge in [-0.2, -0.15) is 0 Å². The number of benzene rings is 1. The minimum absolute atomic E-state index is 0.151. The van der Waals surface area contributed by atoms with Gasteiger partial charge in [0.2, 0.25) is 0 Å². The van der Waals surface area contributed by atoms with Gasteiger partial charge in [0.25, 0.3) is 0 Å². The molecule has 0 aliphatic carbocycles. The van der Waals surface area contributed by atoms with Crippen LogP contribution in [0.2, 0.25) is 0 Å². The third kappa shape index (κ3) is 2.85. The monoisotopic (exact) mass is 225 g/mol. The minimum Gasteiger partial charge on any atom is -0.493 e. The Morgan fingerprint density at radius 3 is 2.81 bits per heavy atom. The number of anilines is 1. The Bertz CT molecular complexity index is 351. The van der Waals surface area contributed by atoms with E-state index in [1.165, 1.54) is 12.1 Å². The summed E-state index contributed by atoms with van der Waals surface area (Å²) in [5.41, 5.74) is 5.53. The van der Waals surface area contributed by atoms with Crippen molar-refractivity contribution >= 4 is 5.69 Å². The molecule has 1 saturated heterocycles. The van der Waals surface area contributed by atoms with Crippen LogP contribution in [0.5, 0.6) is 5.75 Å². The van der Waals surface area contributed by atoms with Crippen LogP contribution in [-0.4, -0.2) is 19.8 Å². The van der Waals surface area contributed by atoms with E-state index in [-0.39, 0.29) is 5.69 Å². The summed E-state index contributed by atoms with van der Waals surface area (Å²) in [6.45, 7) is 2.21. The Morgan fingerprint density at radius 2 is 2.12 bits per heavy atom. The molecule has 0 amide bonds. The highest BCUT2D eigenvalue weighted by molar-refractivity contribution is 5.43. The van der Waals surface area contributed by atoms with Gasteiger partial charge in [0, 0.05) is 19.3 Å². The van der Waals surface area contributed by atoms with Gasteiger partial charge in [-0.05, 0) is 30.9 Å². The molecule has 0 bridgehead atoms. The molecular weight excluding hydrogens is 209 g/mol. The van der Waals surface area contributed by atoms with E-state index in [0.717, 1.165) is 26.1 Å². The van der Waals surface area contributed by atoms with Gasteiger partial charge < -0.3 is 15.2 Å². The smallest absolute Gasteiger partial charge is 0.149 e. The first-order valence-corrected chi connectivity index (χ1v) is 5.51. The van der Waals surface area contributed by atoms with Crippen LogP contribution < -0.4 is 10.5 Å². The fourth-order valence-corrected chi connectivity index (χ4v) is 1.72. The number of nitrogen functional groups attached to an aromatic ring is 1. The first-order valence-electron chi connectivity index (χ1n) is 5.51. The van der Waals surface area contributed by atoms with Crippen LogP contribution in [0.3, 0.4) is 0 Å². The zero-order valence-corrected chi connectivity index (χ0v) is 9.12. The molecule has 1 aromatic carbocycles. The highest BCUT2D eigenvalue weighted by atomic mass is 19.1. The molecule has 0 aromatic heterocycles. The van der Waals surface area contributed by atoms with Crippen molar-refractivity contribution in [2.75, 3.05) is 25.6 Å². The number of rotatable bonds is 3. The fourth-order valence-electron chi connectivity index (χ4n) is 1.72. The SMILES string of the molecule is Nc1ccc(OCC2CCOCC2)cc1F. The molecule has 3 nitrogen and oxygen atoms in total. The van der Waals surface area contributed by atoms with E-state index in [1.54, 1.807) is 6.07 Å². The standard InChI is InChI=1S/C12H16FNO2/c13-11-7-10(1-2-12(11)14)16-8-9-3-5-15-6-4-9/h1-2,7,9H,3-6,8,14H2. The van der Waals surface area contributed by atoms with Crippen molar-refractivity contribution in [3.8, 4) is 5.75 Å². The molecule has 2 N–H and O–H groups in total. The van der Waals surface area contributed by atoms with E-state index in [1.807, 2.05) is 0 Å². The molecule has 4 heteroatoms. The zero-order valence-electron chi connectivity index (χ0n) is 9.12. The van der Waals surface area contributed by atoms with E-state index in [2.05, 4.69) is 0 Å². The maximum absolute atomic E-state index is 13.1. The highest BCUT2D eigenvalue weighted by Gasteiger charge is 2.14. The topological polar surface area (TPSA) is 44.5 Å². The molecule has 0 unspecified atom stereocenters. The van der Waals surface area contributed by atoms with Crippen LogP contribution in [0.15, 0.2) is 18.2 Å². The Balaban J connectivity index is 1.86. The first kappa shape index (κ1) is 11.2. The second kappa shape index (κ2) is 5.16. The van der Waals surface area contributed by atoms with Gasteiger partial charge >= 0.3 is 0 Å². The van der Waals surface area contributed by atoms with Crippen LogP contribution in [0, 0.1) is 11.7 Å². The summed E-state index contributed by atoms with van der Waals surface area (Å²) in [4.78, 5) is 0. The van der Waals surface area contributed by atoms with Gasteiger partial charge in [-0.25, -0.2) is 4.39 Å². The lowest BCUT2D eigenvalue weighted by atomic mass is 10.0. The second-order valence-corrected chi connectivity index (χ2v) is 4.05. The molecule has 1 aliphatic rings. The van der Waals surface area contributed by atoms with Crippen LogP contribution in [0.25, 0.3) is 0 Å². The van der Waals surface area contributed by atoms with Crippen molar-refractivity contribution in [1.29, 1.82) is 0 Å². The van der Waals surface area contributed by atoms with E-state index in [9.17, 15) is 4.39 Å². The number of nitrogens with two attached hydrogens (primary N) is 1. The zero-order chi connectivity index (χ0) is 11.4. The van der Waals surface area contributed by atoms with Crippen molar-refractivity contribution < 1.29 is 13.9 Å². The van der Waals surface area contributed by atoms with Gasteiger partial charge in [-0.3, -0.25) is 0 Å². The predicted octanol–water partition coefficient (Wildman–Crippen LogP) is 2.21. The average Bonchev–Trinajstić information content (AvgIpc) is 2.32. The molecule has 1 heterocycles. The van der Waals surface area contributed by atoms with E-state index >= 15 is 0 Å². The molecule has 88 valence electrons. The summed E-state index contributed by atoms with van der Waals surface area (Å²) < 4.78 is 23.9. The molecule has 1 fully saturated rings. The molecule has 2 rings (SSSR count). The van der Waals surface area contributed by atoms with Gasteiger partial charge in [-0.1, -0.05) is 0 Å². The molecule has 0 atom stereocenters. The molecule has 0 radical (unpaired) electrons. The summed E-state index contributed by atoms with van der Waals surface area (Å²) in [5.74, 6) is 0.622. The van der Waals surface area contributed by atoms with Crippen molar-refractivity contribution in [2.24, 2.45) is 5.92 Å². The Hall–Kier alpha value is -1.29. The van der Waals surface area contributed by atoms with E-state index in [0.29, 0.717) is 18.3 Å². The first-order chi connectivity index (χ1) is 7.75. The van der Waals surface area contributed by atoms with Crippen LogP contribution in [-0.2, 0) is 4.74 Å². The summed E-state index contributed by atoms with van der Waals surface area (Å²) in [6.07, 6.45) is 2.02. The lowest BCUT2D eigenvalue weighted by molar-refractivity contribution is 0.0497. The third-order valence-electron chi connectivity index (χ3n) is 2.80. The maximum atomic E-state index is 13.1. The second-order valence-electron chi connectivity index (χ2n) is 4.05. The quantitative estimate of drug-likeness (QED) is 0.802. The lowest BCUT2D eigenvalue weighted by Crippen LogP contribution is -2.21. The average molecular weight is 225 g/mol. The summed E-state index contributed by atoms with van der Waals surface area (Å²) in [6, 6.07) is 4.54. The third-order valence-corrected chi connectivity index (χ3v) is 2.80. The van der Waals surface area contributed by atoms with Crippen LogP contribution in [0.1, 0.15) is 12.8 Å². The fraction of sp³-hybridized carbons (Fsp3) is 0.500. The lowest BCUT2D eigenvalue weighted by Gasteiger charge is -2.22. The van der Waals surface area contributed by atoms with Crippen molar-refractivity contribution in [3.05, 3.63) is 24.0 Å². The molecule has 16 heavy (non-hydrogen) atoms. The summed E-state index contributed by atoms with van der Waals surface area (Å²) in [7, 11) is 0.